The largest absolute Gasteiger partial charge is 0.465 e. The number of nitrogens with zero attached hydrogens (tertiary/aromatic N) is 1. The SMILES string of the molecule is CCCN1CCC(c2ccc(C(=O)OC)cc2)CC1. The first-order valence-electron chi connectivity index (χ1n) is 7.15. The van der Waals surface area contributed by atoms with E-state index in [1.54, 1.807) is 0 Å². The van der Waals surface area contributed by atoms with Gasteiger partial charge < -0.3 is 9.64 Å². The van der Waals surface area contributed by atoms with Crippen molar-refractivity contribution < 1.29 is 9.53 Å². The van der Waals surface area contributed by atoms with E-state index in [1.807, 2.05) is 12.1 Å². The zero-order chi connectivity index (χ0) is 13.7. The smallest absolute Gasteiger partial charge is 0.337 e. The molecule has 0 saturated carbocycles. The highest BCUT2D eigenvalue weighted by atomic mass is 16.5. The van der Waals surface area contributed by atoms with Crippen molar-refractivity contribution in [2.45, 2.75) is 32.1 Å². The van der Waals surface area contributed by atoms with E-state index in [1.165, 1.54) is 51.6 Å². The van der Waals surface area contributed by atoms with Crippen LogP contribution in [0.2, 0.25) is 0 Å². The Morgan fingerprint density at radius 3 is 2.42 bits per heavy atom. The molecule has 1 fully saturated rings. The van der Waals surface area contributed by atoms with Crippen molar-refractivity contribution in [3.63, 3.8) is 0 Å². The molecule has 1 aliphatic heterocycles. The Bertz CT molecular complexity index is 405. The Balaban J connectivity index is 1.94. The number of carbonyl (C=O) groups excluding carboxylic acids is 1. The van der Waals surface area contributed by atoms with Gasteiger partial charge in [-0.3, -0.25) is 0 Å². The van der Waals surface area contributed by atoms with E-state index < -0.39 is 0 Å². The summed E-state index contributed by atoms with van der Waals surface area (Å²) in [5.74, 6) is 0.379. The second kappa shape index (κ2) is 6.71. The van der Waals surface area contributed by atoms with Crippen molar-refractivity contribution in [3.05, 3.63) is 35.4 Å². The summed E-state index contributed by atoms with van der Waals surface area (Å²) in [6.07, 6.45) is 3.67. The lowest BCUT2D eigenvalue weighted by Crippen LogP contribution is -2.33. The quantitative estimate of drug-likeness (QED) is 0.780. The molecule has 1 heterocycles. The maximum absolute atomic E-state index is 11.4. The summed E-state index contributed by atoms with van der Waals surface area (Å²) in [6, 6.07) is 7.90. The number of methoxy groups -OCH3 is 1. The van der Waals surface area contributed by atoms with Gasteiger partial charge in [-0.15, -0.1) is 0 Å². The van der Waals surface area contributed by atoms with Crippen molar-refractivity contribution in [2.24, 2.45) is 0 Å². The molecule has 0 amide bonds. The maximum Gasteiger partial charge on any atom is 0.337 e. The summed E-state index contributed by atoms with van der Waals surface area (Å²) in [4.78, 5) is 13.9. The summed E-state index contributed by atoms with van der Waals surface area (Å²) in [7, 11) is 1.42. The van der Waals surface area contributed by atoms with Gasteiger partial charge in [0.05, 0.1) is 12.7 Å². The Morgan fingerprint density at radius 2 is 1.89 bits per heavy atom. The second-order valence-corrected chi connectivity index (χ2v) is 5.23. The van der Waals surface area contributed by atoms with Gasteiger partial charge in [-0.25, -0.2) is 4.79 Å². The highest BCUT2D eigenvalue weighted by Gasteiger charge is 2.20. The van der Waals surface area contributed by atoms with Gasteiger partial charge in [-0.05, 0) is 62.5 Å². The van der Waals surface area contributed by atoms with Gasteiger partial charge in [0.15, 0.2) is 0 Å². The Kier molecular flexibility index (Phi) is 4.97. The van der Waals surface area contributed by atoms with E-state index >= 15 is 0 Å². The number of carbonyl (C=O) groups is 1. The fourth-order valence-corrected chi connectivity index (χ4v) is 2.82. The van der Waals surface area contributed by atoms with Crippen LogP contribution in [-0.2, 0) is 4.74 Å². The topological polar surface area (TPSA) is 29.5 Å². The number of likely N-dealkylation sites (tertiary alicyclic amines) is 1. The fraction of sp³-hybridized carbons (Fsp3) is 0.562. The Labute approximate surface area is 115 Å². The van der Waals surface area contributed by atoms with Gasteiger partial charge in [-0.1, -0.05) is 19.1 Å². The van der Waals surface area contributed by atoms with Gasteiger partial charge in [0.1, 0.15) is 0 Å². The van der Waals surface area contributed by atoms with Crippen LogP contribution < -0.4 is 0 Å². The second-order valence-electron chi connectivity index (χ2n) is 5.23. The summed E-state index contributed by atoms with van der Waals surface area (Å²) in [5, 5.41) is 0. The minimum Gasteiger partial charge on any atom is -0.465 e. The molecule has 1 aromatic rings. The van der Waals surface area contributed by atoms with Gasteiger partial charge in [0.2, 0.25) is 0 Å². The van der Waals surface area contributed by atoms with Crippen molar-refractivity contribution in [2.75, 3.05) is 26.7 Å². The number of ether oxygens (including phenoxy) is 1. The van der Waals surface area contributed by atoms with E-state index in [-0.39, 0.29) is 5.97 Å². The molecular weight excluding hydrogens is 238 g/mol. The lowest BCUT2D eigenvalue weighted by atomic mass is 9.89. The molecule has 0 aromatic heterocycles. The standard InChI is InChI=1S/C16H23NO2/c1-3-10-17-11-8-14(9-12-17)13-4-6-15(7-5-13)16(18)19-2/h4-7,14H,3,8-12H2,1-2H3. The number of benzene rings is 1. The molecule has 0 bridgehead atoms. The molecule has 0 aliphatic carbocycles. The molecule has 3 nitrogen and oxygen atoms in total. The molecule has 1 aliphatic rings. The molecule has 1 saturated heterocycles. The minimum absolute atomic E-state index is 0.260. The lowest BCUT2D eigenvalue weighted by Gasteiger charge is -2.31. The summed E-state index contributed by atoms with van der Waals surface area (Å²) >= 11 is 0. The van der Waals surface area contributed by atoms with Gasteiger partial charge in [0, 0.05) is 0 Å². The highest BCUT2D eigenvalue weighted by Crippen LogP contribution is 2.28. The maximum atomic E-state index is 11.4. The van der Waals surface area contributed by atoms with Crippen molar-refractivity contribution in [1.29, 1.82) is 0 Å². The third-order valence-electron chi connectivity index (χ3n) is 3.93. The number of hydrogen-bond acceptors (Lipinski definition) is 3. The average molecular weight is 261 g/mol. The van der Waals surface area contributed by atoms with Crippen molar-refractivity contribution in [1.82, 2.24) is 4.90 Å². The molecule has 3 heteroatoms. The van der Waals surface area contributed by atoms with Crippen LogP contribution in [0.4, 0.5) is 0 Å². The average Bonchev–Trinajstić information content (AvgIpc) is 2.48. The summed E-state index contributed by atoms with van der Waals surface area (Å²) in [5.41, 5.74) is 1.98. The molecule has 1 aromatic carbocycles. The molecule has 0 atom stereocenters. The van der Waals surface area contributed by atoms with Crippen LogP contribution in [0, 0.1) is 0 Å². The zero-order valence-corrected chi connectivity index (χ0v) is 11.9. The summed E-state index contributed by atoms with van der Waals surface area (Å²) < 4.78 is 4.72. The van der Waals surface area contributed by atoms with E-state index in [9.17, 15) is 4.79 Å². The molecule has 0 unspecified atom stereocenters. The van der Waals surface area contributed by atoms with Crippen LogP contribution in [-0.4, -0.2) is 37.6 Å². The van der Waals surface area contributed by atoms with Crippen LogP contribution >= 0.6 is 0 Å². The normalized spacial score (nSPS) is 17.4. The first-order valence-corrected chi connectivity index (χ1v) is 7.15. The highest BCUT2D eigenvalue weighted by molar-refractivity contribution is 5.89. The number of piperidine rings is 1. The van der Waals surface area contributed by atoms with E-state index in [0.29, 0.717) is 11.5 Å². The first kappa shape index (κ1) is 14.1. The van der Waals surface area contributed by atoms with Crippen LogP contribution in [0.25, 0.3) is 0 Å². The fourth-order valence-electron chi connectivity index (χ4n) is 2.82. The lowest BCUT2D eigenvalue weighted by molar-refractivity contribution is 0.0600. The first-order chi connectivity index (χ1) is 9.24. The predicted octanol–water partition coefficient (Wildman–Crippen LogP) is 3.06. The molecule has 19 heavy (non-hydrogen) atoms. The monoisotopic (exact) mass is 261 g/mol. The van der Waals surface area contributed by atoms with Crippen LogP contribution in [0.3, 0.4) is 0 Å². The minimum atomic E-state index is -0.260. The number of esters is 1. The zero-order valence-electron chi connectivity index (χ0n) is 11.9. The van der Waals surface area contributed by atoms with Crippen LogP contribution in [0.5, 0.6) is 0 Å². The van der Waals surface area contributed by atoms with Gasteiger partial charge in [-0.2, -0.15) is 0 Å². The predicted molar refractivity (Wildman–Crippen MR) is 76.5 cm³/mol. The Morgan fingerprint density at radius 1 is 1.26 bits per heavy atom. The van der Waals surface area contributed by atoms with E-state index in [0.717, 1.165) is 0 Å². The molecule has 0 radical (unpaired) electrons. The molecule has 2 rings (SSSR count). The van der Waals surface area contributed by atoms with Crippen molar-refractivity contribution in [3.8, 4) is 0 Å². The third-order valence-corrected chi connectivity index (χ3v) is 3.93. The Hall–Kier alpha value is -1.35. The number of hydrogen-bond donors (Lipinski definition) is 0. The molecular formula is C16H23NO2. The van der Waals surface area contributed by atoms with Crippen LogP contribution in [0.15, 0.2) is 24.3 Å². The van der Waals surface area contributed by atoms with Crippen LogP contribution in [0.1, 0.15) is 48.0 Å². The number of rotatable bonds is 4. The van der Waals surface area contributed by atoms with Crippen molar-refractivity contribution >= 4 is 5.97 Å². The summed E-state index contributed by atoms with van der Waals surface area (Å²) in [6.45, 7) is 5.83. The molecule has 104 valence electrons. The third kappa shape index (κ3) is 3.57. The van der Waals surface area contributed by atoms with Gasteiger partial charge >= 0.3 is 5.97 Å². The molecule has 0 spiro atoms. The van der Waals surface area contributed by atoms with Gasteiger partial charge in [0.25, 0.3) is 0 Å². The van der Waals surface area contributed by atoms with E-state index in [2.05, 4.69) is 24.0 Å². The molecule has 0 N–H and O–H groups in total. The van der Waals surface area contributed by atoms with E-state index in [4.69, 9.17) is 4.74 Å².